The molecule has 1 saturated heterocycles. The van der Waals surface area contributed by atoms with E-state index in [9.17, 15) is 9.59 Å². The second-order valence-electron chi connectivity index (χ2n) is 6.57. The SMILES string of the molecule is NCCNC(=O)C1CCCN(C(=O)Cc2cccc3ccccc23)C1. The molecular weight excluding hydrogens is 314 g/mol. The van der Waals surface area contributed by atoms with Gasteiger partial charge < -0.3 is 16.0 Å². The highest BCUT2D eigenvalue weighted by molar-refractivity contribution is 5.90. The third-order valence-electron chi connectivity index (χ3n) is 4.81. The number of likely N-dealkylation sites (tertiary alicyclic amines) is 1. The monoisotopic (exact) mass is 339 g/mol. The third-order valence-corrected chi connectivity index (χ3v) is 4.81. The number of amides is 2. The van der Waals surface area contributed by atoms with Gasteiger partial charge in [0, 0.05) is 26.2 Å². The lowest BCUT2D eigenvalue weighted by molar-refractivity contribution is -0.135. The van der Waals surface area contributed by atoms with E-state index in [1.165, 1.54) is 0 Å². The van der Waals surface area contributed by atoms with Crippen LogP contribution in [0.1, 0.15) is 18.4 Å². The van der Waals surface area contributed by atoms with E-state index >= 15 is 0 Å². The second kappa shape index (κ2) is 8.12. The highest BCUT2D eigenvalue weighted by Crippen LogP contribution is 2.21. The number of nitrogens with one attached hydrogen (secondary N) is 1. The fraction of sp³-hybridized carbons (Fsp3) is 0.400. The Kier molecular flexibility index (Phi) is 5.66. The normalized spacial score (nSPS) is 17.5. The van der Waals surface area contributed by atoms with Crippen LogP contribution in [0.5, 0.6) is 0 Å². The number of nitrogens with two attached hydrogens (primary N) is 1. The number of benzene rings is 2. The van der Waals surface area contributed by atoms with E-state index in [4.69, 9.17) is 5.73 Å². The van der Waals surface area contributed by atoms with Gasteiger partial charge in [0.2, 0.25) is 11.8 Å². The van der Waals surface area contributed by atoms with Gasteiger partial charge in [0.15, 0.2) is 0 Å². The number of fused-ring (bicyclic) bond motifs is 1. The number of carbonyl (C=O) groups is 2. The minimum atomic E-state index is -0.128. The third kappa shape index (κ3) is 4.17. The molecule has 25 heavy (non-hydrogen) atoms. The maximum atomic E-state index is 12.8. The van der Waals surface area contributed by atoms with Crippen molar-refractivity contribution >= 4 is 22.6 Å². The summed E-state index contributed by atoms with van der Waals surface area (Å²) in [5.41, 5.74) is 6.47. The Morgan fingerprint density at radius 2 is 1.96 bits per heavy atom. The molecule has 0 aromatic heterocycles. The predicted molar refractivity (Wildman–Crippen MR) is 99.0 cm³/mol. The van der Waals surface area contributed by atoms with Crippen LogP contribution in [0.25, 0.3) is 10.8 Å². The average Bonchev–Trinajstić information content (AvgIpc) is 2.66. The molecule has 132 valence electrons. The fourth-order valence-electron chi connectivity index (χ4n) is 3.48. The molecule has 1 aliphatic rings. The summed E-state index contributed by atoms with van der Waals surface area (Å²) >= 11 is 0. The number of hydrogen-bond donors (Lipinski definition) is 2. The van der Waals surface area contributed by atoms with Crippen molar-refractivity contribution in [1.82, 2.24) is 10.2 Å². The van der Waals surface area contributed by atoms with E-state index < -0.39 is 0 Å². The Morgan fingerprint density at radius 1 is 1.16 bits per heavy atom. The van der Waals surface area contributed by atoms with E-state index in [1.54, 1.807) is 0 Å². The van der Waals surface area contributed by atoms with Crippen molar-refractivity contribution in [3.8, 4) is 0 Å². The molecule has 0 spiro atoms. The average molecular weight is 339 g/mol. The Morgan fingerprint density at radius 3 is 2.80 bits per heavy atom. The lowest BCUT2D eigenvalue weighted by Crippen LogP contribution is -2.46. The van der Waals surface area contributed by atoms with Gasteiger partial charge in [-0.25, -0.2) is 0 Å². The van der Waals surface area contributed by atoms with E-state index in [0.717, 1.165) is 35.7 Å². The zero-order chi connectivity index (χ0) is 17.6. The van der Waals surface area contributed by atoms with Crippen molar-refractivity contribution in [2.75, 3.05) is 26.2 Å². The van der Waals surface area contributed by atoms with Crippen LogP contribution in [0.3, 0.4) is 0 Å². The van der Waals surface area contributed by atoms with Crippen LogP contribution in [0.15, 0.2) is 42.5 Å². The molecule has 1 unspecified atom stereocenters. The summed E-state index contributed by atoms with van der Waals surface area (Å²) in [5, 5.41) is 5.10. The van der Waals surface area contributed by atoms with Crippen LogP contribution < -0.4 is 11.1 Å². The first-order valence-electron chi connectivity index (χ1n) is 8.91. The van der Waals surface area contributed by atoms with Gasteiger partial charge in [0.05, 0.1) is 12.3 Å². The lowest BCUT2D eigenvalue weighted by atomic mass is 9.96. The zero-order valence-electron chi connectivity index (χ0n) is 14.4. The predicted octanol–water partition coefficient (Wildman–Crippen LogP) is 1.70. The Bertz CT molecular complexity index is 754. The first kappa shape index (κ1) is 17.4. The molecule has 0 radical (unpaired) electrons. The van der Waals surface area contributed by atoms with Crippen LogP contribution in [0.4, 0.5) is 0 Å². The number of hydrogen-bond acceptors (Lipinski definition) is 3. The van der Waals surface area contributed by atoms with Gasteiger partial charge in [-0.1, -0.05) is 42.5 Å². The first-order chi connectivity index (χ1) is 12.2. The molecule has 1 fully saturated rings. The molecule has 1 heterocycles. The van der Waals surface area contributed by atoms with Gasteiger partial charge in [-0.3, -0.25) is 9.59 Å². The van der Waals surface area contributed by atoms with Crippen molar-refractivity contribution in [3.05, 3.63) is 48.0 Å². The summed E-state index contributed by atoms with van der Waals surface area (Å²) in [6.07, 6.45) is 2.06. The molecule has 1 atom stereocenters. The van der Waals surface area contributed by atoms with Gasteiger partial charge in [-0.15, -0.1) is 0 Å². The van der Waals surface area contributed by atoms with Crippen LogP contribution in [-0.4, -0.2) is 42.9 Å². The molecule has 2 aromatic carbocycles. The summed E-state index contributed by atoms with van der Waals surface area (Å²) in [7, 11) is 0. The summed E-state index contributed by atoms with van der Waals surface area (Å²) in [6.45, 7) is 2.14. The van der Waals surface area contributed by atoms with Crippen molar-refractivity contribution in [2.24, 2.45) is 11.7 Å². The molecular formula is C20H25N3O2. The molecule has 2 aromatic rings. The number of nitrogens with zero attached hydrogens (tertiary/aromatic N) is 1. The van der Waals surface area contributed by atoms with E-state index in [-0.39, 0.29) is 17.7 Å². The molecule has 5 nitrogen and oxygen atoms in total. The van der Waals surface area contributed by atoms with Crippen molar-refractivity contribution in [2.45, 2.75) is 19.3 Å². The molecule has 3 N–H and O–H groups in total. The van der Waals surface area contributed by atoms with Crippen LogP contribution in [0, 0.1) is 5.92 Å². The Hall–Kier alpha value is -2.40. The van der Waals surface area contributed by atoms with Gasteiger partial charge in [0.1, 0.15) is 0 Å². The largest absolute Gasteiger partial charge is 0.355 e. The Labute approximate surface area is 148 Å². The molecule has 2 amide bonds. The van der Waals surface area contributed by atoms with E-state index in [1.807, 2.05) is 29.2 Å². The van der Waals surface area contributed by atoms with Crippen LogP contribution in [-0.2, 0) is 16.0 Å². The first-order valence-corrected chi connectivity index (χ1v) is 8.91. The number of rotatable bonds is 5. The highest BCUT2D eigenvalue weighted by atomic mass is 16.2. The van der Waals surface area contributed by atoms with E-state index in [0.29, 0.717) is 26.1 Å². The lowest BCUT2D eigenvalue weighted by Gasteiger charge is -2.32. The van der Waals surface area contributed by atoms with Crippen LogP contribution >= 0.6 is 0 Å². The second-order valence-corrected chi connectivity index (χ2v) is 6.57. The van der Waals surface area contributed by atoms with Gasteiger partial charge >= 0.3 is 0 Å². The highest BCUT2D eigenvalue weighted by Gasteiger charge is 2.28. The standard InChI is InChI=1S/C20H25N3O2/c21-10-11-22-20(25)17-8-4-12-23(14-17)19(24)13-16-7-3-6-15-5-1-2-9-18(15)16/h1-3,5-7,9,17H,4,8,10-14,21H2,(H,22,25). The van der Waals surface area contributed by atoms with Gasteiger partial charge in [-0.2, -0.15) is 0 Å². The van der Waals surface area contributed by atoms with Crippen molar-refractivity contribution < 1.29 is 9.59 Å². The summed E-state index contributed by atoms with van der Waals surface area (Å²) in [6, 6.07) is 14.2. The molecule has 0 bridgehead atoms. The molecule has 5 heteroatoms. The van der Waals surface area contributed by atoms with Crippen molar-refractivity contribution in [3.63, 3.8) is 0 Å². The van der Waals surface area contributed by atoms with Crippen molar-refractivity contribution in [1.29, 1.82) is 0 Å². The maximum absolute atomic E-state index is 12.8. The quantitative estimate of drug-likeness (QED) is 0.870. The van der Waals surface area contributed by atoms with Crippen LogP contribution in [0.2, 0.25) is 0 Å². The minimum absolute atomic E-state index is 0.00751. The molecule has 1 aliphatic heterocycles. The van der Waals surface area contributed by atoms with Gasteiger partial charge in [-0.05, 0) is 29.2 Å². The van der Waals surface area contributed by atoms with E-state index in [2.05, 4.69) is 23.5 Å². The smallest absolute Gasteiger partial charge is 0.227 e. The number of piperidine rings is 1. The molecule has 3 rings (SSSR count). The maximum Gasteiger partial charge on any atom is 0.227 e. The molecule has 0 saturated carbocycles. The molecule has 0 aliphatic carbocycles. The Balaban J connectivity index is 1.67. The zero-order valence-corrected chi connectivity index (χ0v) is 14.4. The fourth-order valence-corrected chi connectivity index (χ4v) is 3.48. The topological polar surface area (TPSA) is 75.4 Å². The number of carbonyl (C=O) groups excluding carboxylic acids is 2. The van der Waals surface area contributed by atoms with Gasteiger partial charge in [0.25, 0.3) is 0 Å². The summed E-state index contributed by atoms with van der Waals surface area (Å²) < 4.78 is 0. The summed E-state index contributed by atoms with van der Waals surface area (Å²) in [5.74, 6) is -0.0300. The minimum Gasteiger partial charge on any atom is -0.355 e. The summed E-state index contributed by atoms with van der Waals surface area (Å²) in [4.78, 5) is 26.8.